The standard InChI is InChI=1S/C26H38N4O2/c1-20(2)30-18-24(15-27-30)26(31)29(19-25-9-6-14-32-25)16-22-10-12-28(13-11-22)17-23-8-5-4-7-21(23)3/h4-5,7-8,15,18,20,22,25H,6,9-14,16-17,19H2,1-3H3/t25-/m1/s1. The second kappa shape index (κ2) is 10.6. The lowest BCUT2D eigenvalue weighted by molar-refractivity contribution is 0.0444. The monoisotopic (exact) mass is 438 g/mol. The fourth-order valence-electron chi connectivity index (χ4n) is 4.86. The number of aromatic nitrogens is 2. The molecule has 1 atom stereocenters. The first-order chi connectivity index (χ1) is 15.5. The lowest BCUT2D eigenvalue weighted by atomic mass is 9.95. The molecule has 2 saturated heterocycles. The van der Waals surface area contributed by atoms with Crippen molar-refractivity contribution in [2.24, 2.45) is 5.92 Å². The fraction of sp³-hybridized carbons (Fsp3) is 0.615. The van der Waals surface area contributed by atoms with Crippen molar-refractivity contribution in [1.82, 2.24) is 19.6 Å². The van der Waals surface area contributed by atoms with Crippen LogP contribution in [0.25, 0.3) is 0 Å². The van der Waals surface area contributed by atoms with Gasteiger partial charge in [0.05, 0.1) is 17.9 Å². The van der Waals surface area contributed by atoms with Gasteiger partial charge in [-0.3, -0.25) is 14.4 Å². The SMILES string of the molecule is Cc1ccccc1CN1CCC(CN(C[C@H]2CCCO2)C(=O)c2cnn(C(C)C)c2)CC1. The summed E-state index contributed by atoms with van der Waals surface area (Å²) in [4.78, 5) is 18.0. The zero-order chi connectivity index (χ0) is 22.5. The zero-order valence-corrected chi connectivity index (χ0v) is 19.9. The summed E-state index contributed by atoms with van der Waals surface area (Å²) in [5.41, 5.74) is 3.47. The smallest absolute Gasteiger partial charge is 0.257 e. The van der Waals surface area contributed by atoms with Gasteiger partial charge in [0.25, 0.3) is 5.91 Å². The van der Waals surface area contributed by atoms with E-state index in [0.29, 0.717) is 18.0 Å². The van der Waals surface area contributed by atoms with Crippen molar-refractivity contribution in [2.75, 3.05) is 32.8 Å². The van der Waals surface area contributed by atoms with E-state index in [2.05, 4.69) is 55.0 Å². The van der Waals surface area contributed by atoms with Gasteiger partial charge >= 0.3 is 0 Å². The van der Waals surface area contributed by atoms with Crippen molar-refractivity contribution in [3.05, 3.63) is 53.3 Å². The third kappa shape index (κ3) is 5.78. The molecule has 0 N–H and O–H groups in total. The summed E-state index contributed by atoms with van der Waals surface area (Å²) in [5.74, 6) is 0.628. The number of aryl methyl sites for hydroxylation is 1. The van der Waals surface area contributed by atoms with E-state index in [1.165, 1.54) is 11.1 Å². The minimum absolute atomic E-state index is 0.0924. The molecule has 0 bridgehead atoms. The van der Waals surface area contributed by atoms with Gasteiger partial charge in [-0.1, -0.05) is 24.3 Å². The Morgan fingerprint density at radius 1 is 1.19 bits per heavy atom. The first-order valence-corrected chi connectivity index (χ1v) is 12.2. The van der Waals surface area contributed by atoms with Gasteiger partial charge in [0.2, 0.25) is 0 Å². The van der Waals surface area contributed by atoms with Crippen LogP contribution in [-0.2, 0) is 11.3 Å². The van der Waals surface area contributed by atoms with Crippen LogP contribution in [-0.4, -0.2) is 64.4 Å². The molecular formula is C26H38N4O2. The van der Waals surface area contributed by atoms with E-state index in [0.717, 1.165) is 58.5 Å². The predicted octanol–water partition coefficient (Wildman–Crippen LogP) is 4.31. The fourth-order valence-corrected chi connectivity index (χ4v) is 4.86. The quantitative estimate of drug-likeness (QED) is 0.616. The molecule has 6 nitrogen and oxygen atoms in total. The predicted molar refractivity (Wildman–Crippen MR) is 127 cm³/mol. The molecule has 0 spiro atoms. The Labute approximate surface area is 192 Å². The molecule has 0 aliphatic carbocycles. The largest absolute Gasteiger partial charge is 0.376 e. The highest BCUT2D eigenvalue weighted by Gasteiger charge is 2.28. The van der Waals surface area contributed by atoms with Gasteiger partial charge in [-0.2, -0.15) is 5.10 Å². The topological polar surface area (TPSA) is 50.6 Å². The summed E-state index contributed by atoms with van der Waals surface area (Å²) in [6.07, 6.45) is 8.17. The summed E-state index contributed by atoms with van der Waals surface area (Å²) in [5, 5.41) is 4.39. The molecule has 32 heavy (non-hydrogen) atoms. The van der Waals surface area contributed by atoms with E-state index in [1.54, 1.807) is 6.20 Å². The van der Waals surface area contributed by atoms with Crippen molar-refractivity contribution < 1.29 is 9.53 Å². The van der Waals surface area contributed by atoms with Crippen LogP contribution in [0.1, 0.15) is 67.1 Å². The molecule has 3 heterocycles. The Morgan fingerprint density at radius 2 is 1.97 bits per heavy atom. The van der Waals surface area contributed by atoms with Gasteiger partial charge in [0, 0.05) is 38.5 Å². The average molecular weight is 439 g/mol. The van der Waals surface area contributed by atoms with E-state index in [-0.39, 0.29) is 18.1 Å². The van der Waals surface area contributed by atoms with Crippen LogP contribution in [0.15, 0.2) is 36.7 Å². The summed E-state index contributed by atoms with van der Waals surface area (Å²) in [7, 11) is 0. The van der Waals surface area contributed by atoms with Gasteiger partial charge in [-0.05, 0) is 76.6 Å². The Bertz CT molecular complexity index is 879. The van der Waals surface area contributed by atoms with Crippen LogP contribution >= 0.6 is 0 Å². The summed E-state index contributed by atoms with van der Waals surface area (Å²) < 4.78 is 7.74. The van der Waals surface area contributed by atoms with Crippen LogP contribution < -0.4 is 0 Å². The highest BCUT2D eigenvalue weighted by molar-refractivity contribution is 5.93. The first kappa shape index (κ1) is 23.0. The number of hydrogen-bond donors (Lipinski definition) is 0. The molecule has 1 amide bonds. The Morgan fingerprint density at radius 3 is 2.62 bits per heavy atom. The molecule has 2 aliphatic heterocycles. The lowest BCUT2D eigenvalue weighted by Gasteiger charge is -2.35. The molecule has 2 fully saturated rings. The van der Waals surface area contributed by atoms with Crippen molar-refractivity contribution in [3.63, 3.8) is 0 Å². The van der Waals surface area contributed by atoms with E-state index in [4.69, 9.17) is 4.74 Å². The number of carbonyl (C=O) groups is 1. The molecular weight excluding hydrogens is 400 g/mol. The van der Waals surface area contributed by atoms with Crippen LogP contribution in [0.3, 0.4) is 0 Å². The Balaban J connectivity index is 1.36. The number of benzene rings is 1. The van der Waals surface area contributed by atoms with Crippen LogP contribution in [0.5, 0.6) is 0 Å². The van der Waals surface area contributed by atoms with Crippen molar-refractivity contribution >= 4 is 5.91 Å². The molecule has 1 aromatic carbocycles. The third-order valence-electron chi connectivity index (χ3n) is 6.95. The molecule has 2 aliphatic rings. The number of carbonyl (C=O) groups excluding carboxylic acids is 1. The van der Waals surface area contributed by atoms with Gasteiger partial charge in [-0.15, -0.1) is 0 Å². The second-order valence-electron chi connectivity index (χ2n) is 9.79. The summed E-state index contributed by atoms with van der Waals surface area (Å²) in [6.45, 7) is 11.9. The maximum Gasteiger partial charge on any atom is 0.257 e. The normalized spacial score (nSPS) is 20.2. The van der Waals surface area contributed by atoms with Gasteiger partial charge in [0.15, 0.2) is 0 Å². The van der Waals surface area contributed by atoms with Gasteiger partial charge in [0.1, 0.15) is 0 Å². The first-order valence-electron chi connectivity index (χ1n) is 12.2. The number of hydrogen-bond acceptors (Lipinski definition) is 4. The van der Waals surface area contributed by atoms with Crippen molar-refractivity contribution in [2.45, 2.75) is 65.1 Å². The zero-order valence-electron chi connectivity index (χ0n) is 19.9. The lowest BCUT2D eigenvalue weighted by Crippen LogP contribution is -2.43. The maximum atomic E-state index is 13.4. The molecule has 0 unspecified atom stereocenters. The number of ether oxygens (including phenoxy) is 1. The highest BCUT2D eigenvalue weighted by Crippen LogP contribution is 2.23. The second-order valence-corrected chi connectivity index (χ2v) is 9.79. The van der Waals surface area contributed by atoms with Crippen LogP contribution in [0.2, 0.25) is 0 Å². The molecule has 0 saturated carbocycles. The highest BCUT2D eigenvalue weighted by atomic mass is 16.5. The van der Waals surface area contributed by atoms with Gasteiger partial charge < -0.3 is 9.64 Å². The molecule has 0 radical (unpaired) electrons. The molecule has 174 valence electrons. The summed E-state index contributed by atoms with van der Waals surface area (Å²) in [6, 6.07) is 8.92. The Kier molecular flexibility index (Phi) is 7.63. The molecule has 4 rings (SSSR count). The van der Waals surface area contributed by atoms with E-state index >= 15 is 0 Å². The number of piperidine rings is 1. The molecule has 2 aromatic rings. The third-order valence-corrected chi connectivity index (χ3v) is 6.95. The number of nitrogens with zero attached hydrogens (tertiary/aromatic N) is 4. The Hall–Kier alpha value is -2.18. The summed E-state index contributed by atoms with van der Waals surface area (Å²) >= 11 is 0. The van der Waals surface area contributed by atoms with Crippen molar-refractivity contribution in [3.8, 4) is 0 Å². The molecule has 6 heteroatoms. The van der Waals surface area contributed by atoms with Gasteiger partial charge in [-0.25, -0.2) is 0 Å². The van der Waals surface area contributed by atoms with E-state index < -0.39 is 0 Å². The van der Waals surface area contributed by atoms with E-state index in [9.17, 15) is 4.79 Å². The minimum Gasteiger partial charge on any atom is -0.376 e. The maximum absolute atomic E-state index is 13.4. The number of rotatable bonds is 8. The van der Waals surface area contributed by atoms with Crippen LogP contribution in [0, 0.1) is 12.8 Å². The molecule has 1 aromatic heterocycles. The average Bonchev–Trinajstić information content (AvgIpc) is 3.48. The number of amides is 1. The van der Waals surface area contributed by atoms with E-state index in [1.807, 2.05) is 15.8 Å². The minimum atomic E-state index is 0.0924. The van der Waals surface area contributed by atoms with Crippen molar-refractivity contribution in [1.29, 1.82) is 0 Å². The van der Waals surface area contributed by atoms with Crippen LogP contribution in [0.4, 0.5) is 0 Å². The number of likely N-dealkylation sites (tertiary alicyclic amines) is 1.